The molecule has 0 bridgehead atoms. The van der Waals surface area contributed by atoms with E-state index in [4.69, 9.17) is 4.74 Å². The fourth-order valence-corrected chi connectivity index (χ4v) is 3.87. The van der Waals surface area contributed by atoms with Gasteiger partial charge in [-0.2, -0.15) is 0 Å². The second-order valence-electron chi connectivity index (χ2n) is 6.42. The van der Waals surface area contributed by atoms with Crippen LogP contribution in [0.1, 0.15) is 25.0 Å². The summed E-state index contributed by atoms with van der Waals surface area (Å²) in [6.45, 7) is 4.50. The molecule has 114 valence electrons. The number of benzene rings is 3. The van der Waals surface area contributed by atoms with Crippen LogP contribution in [0.2, 0.25) is 0 Å². The average Bonchev–Trinajstić information content (AvgIpc) is 2.56. The zero-order valence-corrected chi connectivity index (χ0v) is 14.7. The number of rotatable bonds is 1. The lowest BCUT2D eigenvalue weighted by Gasteiger charge is -2.35. The van der Waals surface area contributed by atoms with Crippen LogP contribution < -0.4 is 4.74 Å². The van der Waals surface area contributed by atoms with Crippen molar-refractivity contribution in [2.75, 3.05) is 0 Å². The highest BCUT2D eigenvalue weighted by Gasteiger charge is 2.34. The Kier molecular flexibility index (Phi) is 3.31. The zero-order chi connectivity index (χ0) is 16.0. The molecule has 0 saturated carbocycles. The molecule has 0 aliphatic carbocycles. The molecule has 1 nitrogen and oxygen atoms in total. The molecular weight excluding hydrogens is 348 g/mol. The third-order valence-corrected chi connectivity index (χ3v) is 5.26. The van der Waals surface area contributed by atoms with Gasteiger partial charge in [0.05, 0.1) is 0 Å². The van der Waals surface area contributed by atoms with Crippen LogP contribution in [-0.4, -0.2) is 0 Å². The van der Waals surface area contributed by atoms with E-state index in [1.54, 1.807) is 0 Å². The van der Waals surface area contributed by atoms with E-state index in [1.165, 1.54) is 16.7 Å². The largest absolute Gasteiger partial charge is 0.457 e. The topological polar surface area (TPSA) is 9.23 Å². The Balaban J connectivity index is 1.92. The maximum absolute atomic E-state index is 6.21. The van der Waals surface area contributed by atoms with Crippen LogP contribution in [0.4, 0.5) is 0 Å². The zero-order valence-electron chi connectivity index (χ0n) is 13.1. The van der Waals surface area contributed by atoms with Crippen molar-refractivity contribution < 1.29 is 4.74 Å². The fraction of sp³-hybridized carbons (Fsp3) is 0.143. The Morgan fingerprint density at radius 2 is 1.48 bits per heavy atom. The minimum absolute atomic E-state index is 0.0814. The molecule has 1 aliphatic rings. The van der Waals surface area contributed by atoms with Crippen LogP contribution in [0.25, 0.3) is 11.1 Å². The van der Waals surface area contributed by atoms with Gasteiger partial charge in [0.25, 0.3) is 0 Å². The number of hydrogen-bond donors (Lipinski definition) is 0. The van der Waals surface area contributed by atoms with Crippen molar-refractivity contribution in [3.8, 4) is 22.6 Å². The molecule has 0 unspecified atom stereocenters. The normalized spacial score (nSPS) is 14.6. The minimum atomic E-state index is -0.0814. The maximum atomic E-state index is 6.21. The number of fused-ring (bicyclic) bond motifs is 2. The molecule has 2 heteroatoms. The molecule has 0 fully saturated rings. The number of halogens is 1. The third-order valence-electron chi connectivity index (χ3n) is 4.61. The first kappa shape index (κ1) is 14.5. The molecule has 1 aliphatic heterocycles. The summed E-state index contributed by atoms with van der Waals surface area (Å²) in [5.41, 5.74) is 4.69. The van der Waals surface area contributed by atoms with Gasteiger partial charge in [0.15, 0.2) is 0 Å². The minimum Gasteiger partial charge on any atom is -0.457 e. The molecule has 1 heterocycles. The first-order chi connectivity index (χ1) is 11.1. The predicted octanol–water partition coefficient (Wildman–Crippen LogP) is 6.55. The number of ether oxygens (including phenoxy) is 1. The monoisotopic (exact) mass is 364 g/mol. The first-order valence-corrected chi connectivity index (χ1v) is 8.53. The summed E-state index contributed by atoms with van der Waals surface area (Å²) >= 11 is 3.75. The van der Waals surface area contributed by atoms with Gasteiger partial charge in [-0.1, -0.05) is 78.3 Å². The van der Waals surface area contributed by atoms with E-state index in [9.17, 15) is 0 Å². The molecule has 0 spiro atoms. The molecular formula is C21H17BrO. The van der Waals surface area contributed by atoms with Crippen LogP contribution in [0.3, 0.4) is 0 Å². The molecule has 23 heavy (non-hydrogen) atoms. The van der Waals surface area contributed by atoms with Gasteiger partial charge in [0, 0.05) is 21.0 Å². The van der Waals surface area contributed by atoms with Crippen molar-refractivity contribution in [2.45, 2.75) is 19.3 Å². The lowest BCUT2D eigenvalue weighted by atomic mass is 9.75. The fourth-order valence-electron chi connectivity index (χ4n) is 3.30. The summed E-state index contributed by atoms with van der Waals surface area (Å²) in [6, 6.07) is 23.0. The highest BCUT2D eigenvalue weighted by molar-refractivity contribution is 9.10. The Hall–Kier alpha value is -2.06. The summed E-state index contributed by atoms with van der Waals surface area (Å²) in [5.74, 6) is 1.89. The van der Waals surface area contributed by atoms with Gasteiger partial charge in [0.2, 0.25) is 0 Å². The summed E-state index contributed by atoms with van der Waals surface area (Å²) < 4.78 is 7.31. The molecule has 0 aromatic heterocycles. The van der Waals surface area contributed by atoms with Crippen molar-refractivity contribution in [1.29, 1.82) is 0 Å². The second kappa shape index (κ2) is 5.24. The molecule has 0 atom stereocenters. The Morgan fingerprint density at radius 3 is 2.26 bits per heavy atom. The van der Waals surface area contributed by atoms with E-state index >= 15 is 0 Å². The van der Waals surface area contributed by atoms with Gasteiger partial charge in [-0.3, -0.25) is 0 Å². The molecule has 3 aromatic carbocycles. The van der Waals surface area contributed by atoms with Gasteiger partial charge in [-0.25, -0.2) is 0 Å². The molecule has 3 aromatic rings. The molecule has 0 saturated heterocycles. The number of para-hydroxylation sites is 1. The van der Waals surface area contributed by atoms with Gasteiger partial charge in [0.1, 0.15) is 11.5 Å². The smallest absolute Gasteiger partial charge is 0.132 e. The van der Waals surface area contributed by atoms with Crippen molar-refractivity contribution in [1.82, 2.24) is 0 Å². The van der Waals surface area contributed by atoms with Gasteiger partial charge < -0.3 is 4.74 Å². The van der Waals surface area contributed by atoms with Crippen molar-refractivity contribution in [2.24, 2.45) is 0 Å². The number of hydrogen-bond acceptors (Lipinski definition) is 1. The predicted molar refractivity (Wildman–Crippen MR) is 98.2 cm³/mol. The van der Waals surface area contributed by atoms with Crippen molar-refractivity contribution in [3.05, 3.63) is 82.3 Å². The summed E-state index contributed by atoms with van der Waals surface area (Å²) in [6.07, 6.45) is 0. The van der Waals surface area contributed by atoms with Gasteiger partial charge >= 0.3 is 0 Å². The van der Waals surface area contributed by atoms with Crippen LogP contribution in [0.5, 0.6) is 11.5 Å². The second-order valence-corrected chi connectivity index (χ2v) is 7.27. The van der Waals surface area contributed by atoms with E-state index in [0.29, 0.717) is 0 Å². The lowest BCUT2D eigenvalue weighted by Crippen LogP contribution is -2.24. The summed E-state index contributed by atoms with van der Waals surface area (Å²) in [7, 11) is 0. The summed E-state index contributed by atoms with van der Waals surface area (Å²) in [5, 5.41) is 0. The third kappa shape index (κ3) is 2.29. The van der Waals surface area contributed by atoms with Crippen LogP contribution in [-0.2, 0) is 5.41 Å². The maximum Gasteiger partial charge on any atom is 0.132 e. The van der Waals surface area contributed by atoms with Crippen molar-refractivity contribution >= 4 is 15.9 Å². The van der Waals surface area contributed by atoms with Crippen LogP contribution in [0, 0.1) is 0 Å². The highest BCUT2D eigenvalue weighted by atomic mass is 79.9. The van der Waals surface area contributed by atoms with E-state index in [0.717, 1.165) is 21.5 Å². The van der Waals surface area contributed by atoms with Gasteiger partial charge in [-0.05, 0) is 29.3 Å². The standard InChI is InChI=1S/C21H17BrO/c1-21(2)16-10-6-7-11-19(16)23-20-12-15(18(22)13-17(20)21)14-8-4-3-5-9-14/h3-13H,1-2H3. The van der Waals surface area contributed by atoms with E-state index < -0.39 is 0 Å². The quantitative estimate of drug-likeness (QED) is 0.475. The van der Waals surface area contributed by atoms with Crippen molar-refractivity contribution in [3.63, 3.8) is 0 Å². The molecule has 0 amide bonds. The first-order valence-electron chi connectivity index (χ1n) is 7.74. The SMILES string of the molecule is CC1(C)c2ccccc2Oc2cc(-c3ccccc3)c(Br)cc21. The van der Waals surface area contributed by atoms with E-state index in [1.807, 2.05) is 18.2 Å². The van der Waals surface area contributed by atoms with Crippen LogP contribution in [0.15, 0.2) is 71.2 Å². The van der Waals surface area contributed by atoms with E-state index in [-0.39, 0.29) is 5.41 Å². The van der Waals surface area contributed by atoms with Gasteiger partial charge in [-0.15, -0.1) is 0 Å². The average molecular weight is 365 g/mol. The Bertz CT molecular complexity index is 882. The lowest BCUT2D eigenvalue weighted by molar-refractivity contribution is 0.418. The summed E-state index contributed by atoms with van der Waals surface area (Å²) in [4.78, 5) is 0. The highest BCUT2D eigenvalue weighted by Crippen LogP contribution is 2.50. The Labute approximate surface area is 145 Å². The molecule has 0 radical (unpaired) electrons. The Morgan fingerprint density at radius 1 is 0.783 bits per heavy atom. The van der Waals surface area contributed by atoms with E-state index in [2.05, 4.69) is 78.3 Å². The molecule has 4 rings (SSSR count). The molecule has 0 N–H and O–H groups in total. The van der Waals surface area contributed by atoms with Crippen LogP contribution >= 0.6 is 15.9 Å².